The second-order valence-electron chi connectivity index (χ2n) is 13.7. The summed E-state index contributed by atoms with van der Waals surface area (Å²) in [5.41, 5.74) is 11.1. The number of benzene rings is 3. The van der Waals surface area contributed by atoms with Gasteiger partial charge in [-0.1, -0.05) is 55.9 Å². The number of ether oxygens (including phenoxy) is 2. The van der Waals surface area contributed by atoms with Crippen molar-refractivity contribution in [1.82, 2.24) is 0 Å². The van der Waals surface area contributed by atoms with Crippen molar-refractivity contribution in [2.24, 2.45) is 5.73 Å². The number of carboxylic acids is 2. The summed E-state index contributed by atoms with van der Waals surface area (Å²) in [4.78, 5) is 22.0. The van der Waals surface area contributed by atoms with Crippen LogP contribution >= 0.6 is 11.8 Å². The highest BCUT2D eigenvalue weighted by atomic mass is 32.2. The molecule has 1 aliphatic carbocycles. The average molecular weight is 830 g/mol. The summed E-state index contributed by atoms with van der Waals surface area (Å²) in [5.74, 6) is 1.02. The number of halogens is 1. The van der Waals surface area contributed by atoms with Gasteiger partial charge in [-0.2, -0.15) is 11.8 Å². The van der Waals surface area contributed by atoms with E-state index in [2.05, 4.69) is 13.8 Å². The summed E-state index contributed by atoms with van der Waals surface area (Å²) in [6.07, 6.45) is 14.2. The largest absolute Gasteiger partial charge is 0.616 e. The number of aliphatic carboxylic acids is 2. The first-order chi connectivity index (χ1) is 26.7. The molecule has 0 radical (unpaired) electrons. The third-order valence-electron chi connectivity index (χ3n) is 9.36. The van der Waals surface area contributed by atoms with Gasteiger partial charge in [-0.05, 0) is 150 Å². The second-order valence-corrected chi connectivity index (χ2v) is 18.1. The first-order valence-electron chi connectivity index (χ1n) is 18.9. The van der Waals surface area contributed by atoms with E-state index in [1.54, 1.807) is 36.2 Å². The summed E-state index contributed by atoms with van der Waals surface area (Å²) in [7, 11) is 0. The monoisotopic (exact) mass is 829 g/mol. The smallest absolute Gasteiger partial charge is 0.320 e. The molecule has 56 heavy (non-hydrogen) atoms. The van der Waals surface area contributed by atoms with E-state index in [4.69, 9.17) is 25.4 Å². The lowest BCUT2D eigenvalue weighted by atomic mass is 10.0. The molecule has 3 unspecified atom stereocenters. The molecule has 0 fully saturated rings. The fraction of sp³-hybridized carbons (Fsp3) is 0.442. The highest BCUT2D eigenvalue weighted by Gasteiger charge is 2.26. The Morgan fingerprint density at radius 1 is 0.964 bits per heavy atom. The standard InChI is InChI=1S/C20H17FO3S.C18H28O3S.C5H11NO2S/c1-12-17(9-13-3-6-15(7-4-13)25(2)24)16-8-5-14(21)10-19(16)18(12)11-20(22)23;1-3-4-5-6-7-8-11-22(19)15(2)12-16-9-10-17-18(13-16)21-14-20-17;1-9-3-2-4(6)5(7)8/h3-10H,11H2,1-2H3,(H,22,23);9-10,13,15H,3-8,11-12,14H2,1-2H3;4H,2-3,6H2,1H3,(H,7,8)/b17-9-;;/t;;4-/m..0/s1. The molecule has 13 heteroatoms. The third-order valence-corrected chi connectivity index (χ3v) is 12.7. The van der Waals surface area contributed by atoms with Gasteiger partial charge in [0.05, 0.1) is 6.42 Å². The molecule has 4 atom stereocenters. The molecule has 5 rings (SSSR count). The molecule has 1 heterocycles. The van der Waals surface area contributed by atoms with Crippen molar-refractivity contribution in [3.05, 3.63) is 94.3 Å². The van der Waals surface area contributed by atoms with Crippen LogP contribution in [-0.2, 0) is 38.4 Å². The molecular formula is C43H56FNO8S3. The molecule has 0 saturated heterocycles. The Labute approximate surface area is 341 Å². The van der Waals surface area contributed by atoms with Gasteiger partial charge in [0.15, 0.2) is 16.4 Å². The number of thioether (sulfide) groups is 1. The highest BCUT2D eigenvalue weighted by Crippen LogP contribution is 2.44. The van der Waals surface area contributed by atoms with Gasteiger partial charge in [0.25, 0.3) is 0 Å². The molecule has 4 N–H and O–H groups in total. The van der Waals surface area contributed by atoms with Crippen LogP contribution in [0.15, 0.2) is 71.1 Å². The van der Waals surface area contributed by atoms with Gasteiger partial charge in [-0.25, -0.2) is 4.39 Å². The van der Waals surface area contributed by atoms with Crippen LogP contribution in [0.25, 0.3) is 17.2 Å². The van der Waals surface area contributed by atoms with Crippen LogP contribution in [0.4, 0.5) is 4.39 Å². The third kappa shape index (κ3) is 15.1. The van der Waals surface area contributed by atoms with Gasteiger partial charge in [0.2, 0.25) is 6.79 Å². The number of hydrogen-bond donors (Lipinski definition) is 3. The maximum Gasteiger partial charge on any atom is 0.320 e. The van der Waals surface area contributed by atoms with E-state index >= 15 is 0 Å². The molecule has 0 spiro atoms. The summed E-state index contributed by atoms with van der Waals surface area (Å²) < 4.78 is 48.2. The minimum atomic E-state index is -1.04. The predicted molar refractivity (Wildman–Crippen MR) is 229 cm³/mol. The van der Waals surface area contributed by atoms with Crippen LogP contribution in [0.5, 0.6) is 11.5 Å². The van der Waals surface area contributed by atoms with Crippen LogP contribution in [0, 0.1) is 5.82 Å². The second kappa shape index (κ2) is 24.3. The maximum absolute atomic E-state index is 13.7. The van der Waals surface area contributed by atoms with Crippen LogP contribution in [0.3, 0.4) is 0 Å². The van der Waals surface area contributed by atoms with Crippen molar-refractivity contribution in [3.63, 3.8) is 0 Å². The van der Waals surface area contributed by atoms with Crippen LogP contribution in [0.2, 0.25) is 0 Å². The Morgan fingerprint density at radius 2 is 1.64 bits per heavy atom. The fourth-order valence-corrected chi connectivity index (χ4v) is 8.42. The van der Waals surface area contributed by atoms with Crippen LogP contribution in [0.1, 0.15) is 94.4 Å². The number of rotatable bonds is 18. The molecule has 0 aromatic heterocycles. The van der Waals surface area contributed by atoms with E-state index in [0.29, 0.717) is 24.4 Å². The van der Waals surface area contributed by atoms with Crippen molar-refractivity contribution >= 4 is 63.3 Å². The van der Waals surface area contributed by atoms with Crippen LogP contribution < -0.4 is 15.2 Å². The van der Waals surface area contributed by atoms with Gasteiger partial charge in [0, 0.05) is 6.42 Å². The maximum atomic E-state index is 13.7. The van der Waals surface area contributed by atoms with Crippen LogP contribution in [-0.4, -0.2) is 73.4 Å². The summed E-state index contributed by atoms with van der Waals surface area (Å²) in [6, 6.07) is 17.1. The van der Waals surface area contributed by atoms with E-state index in [-0.39, 0.29) is 17.5 Å². The Hall–Kier alpha value is -3.46. The minimum absolute atomic E-state index is 0.145. The zero-order valence-corrected chi connectivity index (χ0v) is 35.5. The normalized spacial score (nSPS) is 15.6. The number of nitrogens with two attached hydrogens (primary N) is 1. The van der Waals surface area contributed by atoms with Gasteiger partial charge in [-0.15, -0.1) is 0 Å². The number of carboxylic acid groups (broad SMARTS) is 2. The van der Waals surface area contributed by atoms with E-state index in [0.717, 1.165) is 63.0 Å². The highest BCUT2D eigenvalue weighted by molar-refractivity contribution is 7.98. The van der Waals surface area contributed by atoms with E-state index < -0.39 is 40.3 Å². The summed E-state index contributed by atoms with van der Waals surface area (Å²) in [5, 5.41) is 17.6. The van der Waals surface area contributed by atoms with E-state index in [1.807, 2.05) is 49.6 Å². The molecule has 0 amide bonds. The molecule has 3 aromatic rings. The first kappa shape index (κ1) is 46.9. The fourth-order valence-electron chi connectivity index (χ4n) is 6.14. The number of allylic oxidation sites excluding steroid dienone is 2. The van der Waals surface area contributed by atoms with Crippen molar-refractivity contribution in [3.8, 4) is 11.5 Å². The number of fused-ring (bicyclic) bond motifs is 2. The molecule has 0 saturated carbocycles. The number of carbonyl (C=O) groups is 2. The molecule has 0 bridgehead atoms. The SMILES string of the molecule is CC1=C(CC(=O)O)c2cc(F)ccc2/C1=C\c1ccc([S+](C)[O-])cc1.CCCCCCCC[S+]([O-])C(C)Cc1ccc2c(c1)OCO2.CSCC[C@H](N)C(=O)O. The lowest BCUT2D eigenvalue weighted by Crippen LogP contribution is -2.30. The van der Waals surface area contributed by atoms with Crippen molar-refractivity contribution in [1.29, 1.82) is 0 Å². The first-order valence-corrected chi connectivity index (χ1v) is 23.2. The summed E-state index contributed by atoms with van der Waals surface area (Å²) >= 11 is -0.175. The van der Waals surface area contributed by atoms with Gasteiger partial charge < -0.3 is 34.5 Å². The number of unbranched alkanes of at least 4 members (excludes halogenated alkanes) is 5. The lowest BCUT2D eigenvalue weighted by molar-refractivity contribution is -0.138. The Bertz CT molecular complexity index is 1780. The topological polar surface area (TPSA) is 165 Å². The molecule has 3 aromatic carbocycles. The quantitative estimate of drug-likeness (QED) is 0.0833. The van der Waals surface area contributed by atoms with Crippen molar-refractivity contribution < 1.29 is 42.8 Å². The molecule has 9 nitrogen and oxygen atoms in total. The zero-order valence-electron chi connectivity index (χ0n) is 33.0. The van der Waals surface area contributed by atoms with E-state index in [9.17, 15) is 23.1 Å². The summed E-state index contributed by atoms with van der Waals surface area (Å²) in [6.45, 7) is 6.47. The Morgan fingerprint density at radius 3 is 2.29 bits per heavy atom. The Kier molecular flexibility index (Phi) is 20.4. The van der Waals surface area contributed by atoms with Gasteiger partial charge >= 0.3 is 11.9 Å². The molecule has 1 aliphatic heterocycles. The molecule has 2 aliphatic rings. The lowest BCUT2D eigenvalue weighted by Gasteiger charge is -2.18. The zero-order chi connectivity index (χ0) is 41.2. The Balaban J connectivity index is 0.000000249. The molecular weight excluding hydrogens is 774 g/mol. The predicted octanol–water partition coefficient (Wildman–Crippen LogP) is 8.97. The van der Waals surface area contributed by atoms with Gasteiger partial charge in [0.1, 0.15) is 29.1 Å². The molecule has 306 valence electrons. The van der Waals surface area contributed by atoms with Gasteiger partial charge in [-0.3, -0.25) is 9.59 Å². The van der Waals surface area contributed by atoms with Crippen molar-refractivity contribution in [2.75, 3.05) is 30.8 Å². The van der Waals surface area contributed by atoms with E-state index in [1.165, 1.54) is 49.8 Å². The minimum Gasteiger partial charge on any atom is -0.616 e. The number of hydrogen-bond acceptors (Lipinski definition) is 8. The average Bonchev–Trinajstić information content (AvgIpc) is 3.73. The van der Waals surface area contributed by atoms with Crippen molar-refractivity contribution in [2.45, 2.75) is 94.7 Å².